The van der Waals surface area contributed by atoms with E-state index in [0.29, 0.717) is 30.0 Å². The molecule has 1 atom stereocenters. The number of benzene rings is 2. The monoisotopic (exact) mass is 394 g/mol. The van der Waals surface area contributed by atoms with Crippen molar-refractivity contribution < 1.29 is 14.3 Å². The van der Waals surface area contributed by atoms with E-state index in [2.05, 4.69) is 38.0 Å². The smallest absolute Gasteiger partial charge is 0.255 e. The second-order valence-corrected chi connectivity index (χ2v) is 7.91. The zero-order chi connectivity index (χ0) is 21.4. The van der Waals surface area contributed by atoms with Gasteiger partial charge < -0.3 is 15.4 Å². The van der Waals surface area contributed by atoms with Crippen molar-refractivity contribution in [3.63, 3.8) is 0 Å². The standard InChI is InChI=1S/C24H30N2O3/c1-6-7-16-29-17(2)22(27)25-20-10-8-9-11-21(20)26-23(28)18-12-14-19(15-13-18)24(3,4)5/h6,8-15,17H,1,7,16H2,2-5H3,(H,25,27)(H,26,28). The highest BCUT2D eigenvalue weighted by molar-refractivity contribution is 6.07. The van der Waals surface area contributed by atoms with Crippen LogP contribution >= 0.6 is 0 Å². The first-order valence-electron chi connectivity index (χ1n) is 9.76. The van der Waals surface area contributed by atoms with E-state index in [-0.39, 0.29) is 17.2 Å². The Labute approximate surface area is 173 Å². The molecule has 2 amide bonds. The third-order valence-electron chi connectivity index (χ3n) is 4.51. The van der Waals surface area contributed by atoms with Crippen molar-refractivity contribution in [2.24, 2.45) is 0 Å². The van der Waals surface area contributed by atoms with Gasteiger partial charge in [-0.25, -0.2) is 0 Å². The summed E-state index contributed by atoms with van der Waals surface area (Å²) in [7, 11) is 0. The molecule has 0 spiro atoms. The molecule has 2 aromatic rings. The Bertz CT molecular complexity index is 851. The Morgan fingerprint density at radius 1 is 1.03 bits per heavy atom. The first-order valence-corrected chi connectivity index (χ1v) is 9.76. The molecule has 0 aliphatic heterocycles. The number of para-hydroxylation sites is 2. The molecule has 5 heteroatoms. The van der Waals surface area contributed by atoms with Crippen molar-refractivity contribution in [3.8, 4) is 0 Å². The average molecular weight is 395 g/mol. The first-order chi connectivity index (χ1) is 13.7. The van der Waals surface area contributed by atoms with Gasteiger partial charge in [0, 0.05) is 5.56 Å². The zero-order valence-corrected chi connectivity index (χ0v) is 17.6. The fourth-order valence-corrected chi connectivity index (χ4v) is 2.66. The SMILES string of the molecule is C=CCCOC(C)C(=O)Nc1ccccc1NC(=O)c1ccc(C(C)(C)C)cc1. The predicted octanol–water partition coefficient (Wildman–Crippen LogP) is 5.16. The lowest BCUT2D eigenvalue weighted by Crippen LogP contribution is -2.28. The summed E-state index contributed by atoms with van der Waals surface area (Å²) in [6, 6.07) is 14.6. The molecule has 2 N–H and O–H groups in total. The number of anilines is 2. The third-order valence-corrected chi connectivity index (χ3v) is 4.51. The number of amides is 2. The number of carbonyl (C=O) groups excluding carboxylic acids is 2. The van der Waals surface area contributed by atoms with Crippen molar-refractivity contribution in [1.82, 2.24) is 0 Å². The number of hydrogen-bond donors (Lipinski definition) is 2. The third kappa shape index (κ3) is 6.57. The van der Waals surface area contributed by atoms with Crippen molar-refractivity contribution in [2.75, 3.05) is 17.2 Å². The van der Waals surface area contributed by atoms with Crippen LogP contribution in [0.1, 0.15) is 50.0 Å². The molecule has 0 heterocycles. The van der Waals surface area contributed by atoms with Gasteiger partial charge in [-0.1, -0.05) is 51.1 Å². The van der Waals surface area contributed by atoms with E-state index in [9.17, 15) is 9.59 Å². The Morgan fingerprint density at radius 3 is 2.17 bits per heavy atom. The second kappa shape index (κ2) is 10.0. The van der Waals surface area contributed by atoms with E-state index in [1.807, 2.05) is 24.3 Å². The van der Waals surface area contributed by atoms with Gasteiger partial charge >= 0.3 is 0 Å². The van der Waals surface area contributed by atoms with Crippen LogP contribution in [0, 0.1) is 0 Å². The van der Waals surface area contributed by atoms with Crippen LogP contribution in [0.15, 0.2) is 61.2 Å². The van der Waals surface area contributed by atoms with Gasteiger partial charge in [-0.3, -0.25) is 9.59 Å². The number of ether oxygens (including phenoxy) is 1. The number of rotatable bonds is 8. The van der Waals surface area contributed by atoms with Crippen molar-refractivity contribution >= 4 is 23.2 Å². The Kier molecular flexibility index (Phi) is 7.74. The van der Waals surface area contributed by atoms with E-state index in [0.717, 1.165) is 5.56 Å². The van der Waals surface area contributed by atoms with Crippen LogP contribution in [0.5, 0.6) is 0 Å². The minimum atomic E-state index is -0.608. The maximum absolute atomic E-state index is 12.7. The molecule has 0 fully saturated rings. The Morgan fingerprint density at radius 2 is 1.62 bits per heavy atom. The van der Waals surface area contributed by atoms with Gasteiger partial charge in [0.1, 0.15) is 6.10 Å². The van der Waals surface area contributed by atoms with Gasteiger partial charge in [0.15, 0.2) is 0 Å². The largest absolute Gasteiger partial charge is 0.368 e. The fourth-order valence-electron chi connectivity index (χ4n) is 2.66. The Hall–Kier alpha value is -2.92. The minimum Gasteiger partial charge on any atom is -0.368 e. The summed E-state index contributed by atoms with van der Waals surface area (Å²) in [5.41, 5.74) is 2.80. The summed E-state index contributed by atoms with van der Waals surface area (Å²) < 4.78 is 5.47. The second-order valence-electron chi connectivity index (χ2n) is 7.91. The zero-order valence-electron chi connectivity index (χ0n) is 17.6. The van der Waals surface area contributed by atoms with Crippen LogP contribution in [0.2, 0.25) is 0 Å². The predicted molar refractivity (Wildman–Crippen MR) is 118 cm³/mol. The molecule has 0 aromatic heterocycles. The molecular formula is C24H30N2O3. The van der Waals surface area contributed by atoms with Crippen LogP contribution in [0.25, 0.3) is 0 Å². The lowest BCUT2D eigenvalue weighted by molar-refractivity contribution is -0.126. The molecule has 1 unspecified atom stereocenters. The molecule has 0 aliphatic rings. The molecule has 0 bridgehead atoms. The maximum atomic E-state index is 12.7. The first kappa shape index (κ1) is 22.4. The van der Waals surface area contributed by atoms with E-state index in [1.54, 1.807) is 37.3 Å². The van der Waals surface area contributed by atoms with E-state index in [1.165, 1.54) is 0 Å². The van der Waals surface area contributed by atoms with Crippen molar-refractivity contribution in [2.45, 2.75) is 45.6 Å². The molecule has 29 heavy (non-hydrogen) atoms. The summed E-state index contributed by atoms with van der Waals surface area (Å²) in [5, 5.41) is 5.69. The number of carbonyl (C=O) groups is 2. The fraction of sp³-hybridized carbons (Fsp3) is 0.333. The van der Waals surface area contributed by atoms with E-state index < -0.39 is 6.10 Å². The molecule has 2 aromatic carbocycles. The lowest BCUT2D eigenvalue weighted by atomic mass is 9.87. The van der Waals surface area contributed by atoms with Gasteiger partial charge in [-0.05, 0) is 48.6 Å². The normalized spacial score (nSPS) is 12.1. The molecule has 5 nitrogen and oxygen atoms in total. The maximum Gasteiger partial charge on any atom is 0.255 e. The highest BCUT2D eigenvalue weighted by Crippen LogP contribution is 2.24. The van der Waals surface area contributed by atoms with E-state index in [4.69, 9.17) is 4.74 Å². The van der Waals surface area contributed by atoms with Gasteiger partial charge in [0.2, 0.25) is 0 Å². The highest BCUT2D eigenvalue weighted by Gasteiger charge is 2.17. The average Bonchev–Trinajstić information content (AvgIpc) is 2.69. The van der Waals surface area contributed by atoms with Crippen molar-refractivity contribution in [3.05, 3.63) is 72.3 Å². The van der Waals surface area contributed by atoms with E-state index >= 15 is 0 Å². The van der Waals surface area contributed by atoms with Crippen LogP contribution < -0.4 is 10.6 Å². The molecule has 0 aliphatic carbocycles. The van der Waals surface area contributed by atoms with Crippen LogP contribution in [-0.2, 0) is 14.9 Å². The summed E-state index contributed by atoms with van der Waals surface area (Å²) in [4.78, 5) is 25.0. The Balaban J connectivity index is 2.07. The topological polar surface area (TPSA) is 67.4 Å². The highest BCUT2D eigenvalue weighted by atomic mass is 16.5. The van der Waals surface area contributed by atoms with Gasteiger partial charge in [0.05, 0.1) is 18.0 Å². The van der Waals surface area contributed by atoms with Crippen molar-refractivity contribution in [1.29, 1.82) is 0 Å². The molecule has 0 radical (unpaired) electrons. The summed E-state index contributed by atoms with van der Waals surface area (Å²) in [5.74, 6) is -0.507. The molecule has 0 saturated heterocycles. The molecule has 154 valence electrons. The molecule has 2 rings (SSSR count). The summed E-state index contributed by atoms with van der Waals surface area (Å²) in [6.07, 6.45) is 1.81. The van der Waals surface area contributed by atoms with Gasteiger partial charge in [-0.2, -0.15) is 0 Å². The van der Waals surface area contributed by atoms with Crippen LogP contribution in [0.4, 0.5) is 11.4 Å². The lowest BCUT2D eigenvalue weighted by Gasteiger charge is -2.19. The van der Waals surface area contributed by atoms with Crippen LogP contribution in [0.3, 0.4) is 0 Å². The summed E-state index contributed by atoms with van der Waals surface area (Å²) >= 11 is 0. The quantitative estimate of drug-likeness (QED) is 0.480. The molecular weight excluding hydrogens is 364 g/mol. The van der Waals surface area contributed by atoms with Gasteiger partial charge in [-0.15, -0.1) is 6.58 Å². The minimum absolute atomic E-state index is 0.0241. The van der Waals surface area contributed by atoms with Gasteiger partial charge in [0.25, 0.3) is 11.8 Å². The summed E-state index contributed by atoms with van der Waals surface area (Å²) in [6.45, 7) is 12.1. The van der Waals surface area contributed by atoms with Crippen LogP contribution in [-0.4, -0.2) is 24.5 Å². The number of nitrogens with one attached hydrogen (secondary N) is 2. The number of hydrogen-bond acceptors (Lipinski definition) is 3. The molecule has 0 saturated carbocycles.